The van der Waals surface area contributed by atoms with Crippen molar-refractivity contribution < 1.29 is 19.1 Å². The second-order valence-corrected chi connectivity index (χ2v) is 8.10. The Morgan fingerprint density at radius 3 is 2.50 bits per heavy atom. The zero-order valence-electron chi connectivity index (χ0n) is 18.6. The molecule has 0 aliphatic carbocycles. The standard InChI is InChI=1S/C24H32N2O4/c1-6-7-19-21(24(28)29-5)17(4)25-22(19)23(27)26-12-10-18(11-13-26)30-20-14-15(2)8-9-16(20)3/h8-9,14,18,25H,6-7,10-13H2,1-5H3. The number of carbonyl (C=O) groups excluding carboxylic acids is 2. The summed E-state index contributed by atoms with van der Waals surface area (Å²) in [5.74, 6) is 0.474. The van der Waals surface area contributed by atoms with E-state index in [1.165, 1.54) is 12.7 Å². The van der Waals surface area contributed by atoms with E-state index in [1.54, 1.807) is 0 Å². The SMILES string of the molecule is CCCc1c(C(=O)N2CCC(Oc3cc(C)ccc3C)CC2)[nH]c(C)c1C(=O)OC. The van der Waals surface area contributed by atoms with Crippen molar-refractivity contribution in [3.63, 3.8) is 0 Å². The van der Waals surface area contributed by atoms with E-state index in [1.807, 2.05) is 18.7 Å². The van der Waals surface area contributed by atoms with Crippen LogP contribution in [0.1, 0.15) is 69.4 Å². The number of rotatable bonds is 6. The molecule has 162 valence electrons. The Balaban J connectivity index is 1.71. The molecule has 3 rings (SSSR count). The molecule has 6 nitrogen and oxygen atoms in total. The number of aromatic nitrogens is 1. The number of aromatic amines is 1. The fourth-order valence-corrected chi connectivity index (χ4v) is 4.09. The molecule has 0 unspecified atom stereocenters. The number of H-pyrrole nitrogens is 1. The van der Waals surface area contributed by atoms with E-state index in [0.29, 0.717) is 36.5 Å². The van der Waals surface area contributed by atoms with E-state index in [9.17, 15) is 9.59 Å². The summed E-state index contributed by atoms with van der Waals surface area (Å²) < 4.78 is 11.2. The lowest BCUT2D eigenvalue weighted by atomic mass is 10.0. The molecule has 1 amide bonds. The molecule has 1 N–H and O–H groups in total. The average molecular weight is 413 g/mol. The third-order valence-corrected chi connectivity index (χ3v) is 5.76. The number of benzene rings is 1. The molecule has 0 spiro atoms. The number of esters is 1. The van der Waals surface area contributed by atoms with E-state index < -0.39 is 5.97 Å². The van der Waals surface area contributed by atoms with Crippen molar-refractivity contribution in [1.82, 2.24) is 9.88 Å². The summed E-state index contributed by atoms with van der Waals surface area (Å²) in [6.07, 6.45) is 3.16. The first-order chi connectivity index (χ1) is 14.3. The highest BCUT2D eigenvalue weighted by Gasteiger charge is 2.30. The monoisotopic (exact) mass is 412 g/mol. The summed E-state index contributed by atoms with van der Waals surface area (Å²) in [6.45, 7) is 9.22. The number of hydrogen-bond donors (Lipinski definition) is 1. The van der Waals surface area contributed by atoms with E-state index in [2.05, 4.69) is 37.0 Å². The highest BCUT2D eigenvalue weighted by atomic mass is 16.5. The molecule has 1 aliphatic heterocycles. The van der Waals surface area contributed by atoms with Gasteiger partial charge in [-0.25, -0.2) is 4.79 Å². The first-order valence-corrected chi connectivity index (χ1v) is 10.7. The van der Waals surface area contributed by atoms with Gasteiger partial charge in [0.25, 0.3) is 5.91 Å². The van der Waals surface area contributed by atoms with Gasteiger partial charge < -0.3 is 19.4 Å². The van der Waals surface area contributed by atoms with Gasteiger partial charge in [0, 0.05) is 31.6 Å². The second-order valence-electron chi connectivity index (χ2n) is 8.10. The van der Waals surface area contributed by atoms with Crippen LogP contribution in [0, 0.1) is 20.8 Å². The van der Waals surface area contributed by atoms with Crippen molar-refractivity contribution in [3.05, 3.63) is 51.8 Å². The van der Waals surface area contributed by atoms with Gasteiger partial charge in [0.2, 0.25) is 0 Å². The van der Waals surface area contributed by atoms with Crippen LogP contribution in [0.5, 0.6) is 5.75 Å². The summed E-state index contributed by atoms with van der Waals surface area (Å²) >= 11 is 0. The largest absolute Gasteiger partial charge is 0.490 e. The van der Waals surface area contributed by atoms with Gasteiger partial charge in [-0.3, -0.25) is 4.79 Å². The van der Waals surface area contributed by atoms with E-state index in [4.69, 9.17) is 9.47 Å². The summed E-state index contributed by atoms with van der Waals surface area (Å²) in [6, 6.07) is 6.23. The van der Waals surface area contributed by atoms with Gasteiger partial charge in [-0.15, -0.1) is 0 Å². The number of aryl methyl sites for hydroxylation is 3. The first kappa shape index (κ1) is 21.9. The molecule has 0 bridgehead atoms. The summed E-state index contributed by atoms with van der Waals surface area (Å²) in [4.78, 5) is 30.5. The minimum Gasteiger partial charge on any atom is -0.490 e. The Morgan fingerprint density at radius 1 is 1.17 bits per heavy atom. The van der Waals surface area contributed by atoms with Crippen LogP contribution in [0.3, 0.4) is 0 Å². The maximum absolute atomic E-state index is 13.2. The van der Waals surface area contributed by atoms with Crippen LogP contribution in [-0.2, 0) is 11.2 Å². The van der Waals surface area contributed by atoms with Crippen molar-refractivity contribution >= 4 is 11.9 Å². The molecule has 0 atom stereocenters. The lowest BCUT2D eigenvalue weighted by Gasteiger charge is -2.32. The van der Waals surface area contributed by atoms with Crippen LogP contribution < -0.4 is 4.74 Å². The van der Waals surface area contributed by atoms with Crippen molar-refractivity contribution in [2.24, 2.45) is 0 Å². The predicted molar refractivity (Wildman–Crippen MR) is 116 cm³/mol. The normalized spacial score (nSPS) is 14.6. The van der Waals surface area contributed by atoms with Crippen LogP contribution in [0.15, 0.2) is 18.2 Å². The number of amides is 1. The van der Waals surface area contributed by atoms with Crippen LogP contribution in [0.4, 0.5) is 0 Å². The van der Waals surface area contributed by atoms with E-state index in [0.717, 1.165) is 36.1 Å². The maximum atomic E-state index is 13.2. The molecule has 1 fully saturated rings. The molecule has 2 aromatic rings. The summed E-state index contributed by atoms with van der Waals surface area (Å²) in [5.41, 5.74) is 4.76. The van der Waals surface area contributed by atoms with Crippen LogP contribution >= 0.6 is 0 Å². The smallest absolute Gasteiger partial charge is 0.339 e. The number of piperidine rings is 1. The number of hydrogen-bond acceptors (Lipinski definition) is 4. The molecule has 1 saturated heterocycles. The van der Waals surface area contributed by atoms with Crippen LogP contribution in [0.25, 0.3) is 0 Å². The third-order valence-electron chi connectivity index (χ3n) is 5.76. The van der Waals surface area contributed by atoms with Crippen molar-refractivity contribution in [3.8, 4) is 5.75 Å². The topological polar surface area (TPSA) is 71.6 Å². The van der Waals surface area contributed by atoms with Gasteiger partial charge in [-0.05, 0) is 49.9 Å². The third kappa shape index (κ3) is 4.53. The predicted octanol–water partition coefficient (Wildman–Crippen LogP) is 4.36. The Kier molecular flexibility index (Phi) is 6.85. The molecular weight excluding hydrogens is 380 g/mol. The highest BCUT2D eigenvalue weighted by molar-refractivity contribution is 6.00. The Bertz CT molecular complexity index is 924. The first-order valence-electron chi connectivity index (χ1n) is 10.7. The Morgan fingerprint density at radius 2 is 1.87 bits per heavy atom. The van der Waals surface area contributed by atoms with Gasteiger partial charge in [-0.2, -0.15) is 0 Å². The lowest BCUT2D eigenvalue weighted by molar-refractivity contribution is 0.0587. The quantitative estimate of drug-likeness (QED) is 0.716. The zero-order valence-corrected chi connectivity index (χ0v) is 18.6. The van der Waals surface area contributed by atoms with Crippen molar-refractivity contribution in [1.29, 1.82) is 0 Å². The number of carbonyl (C=O) groups is 2. The van der Waals surface area contributed by atoms with Gasteiger partial charge in [0.15, 0.2) is 0 Å². The fourth-order valence-electron chi connectivity index (χ4n) is 4.09. The molecule has 0 saturated carbocycles. The summed E-state index contributed by atoms with van der Waals surface area (Å²) in [7, 11) is 1.37. The van der Waals surface area contributed by atoms with E-state index in [-0.39, 0.29) is 12.0 Å². The molecule has 2 heterocycles. The Labute approximate surface area is 178 Å². The fraction of sp³-hybridized carbons (Fsp3) is 0.500. The number of methoxy groups -OCH3 is 1. The van der Waals surface area contributed by atoms with E-state index >= 15 is 0 Å². The minimum absolute atomic E-state index is 0.0538. The van der Waals surface area contributed by atoms with Crippen molar-refractivity contribution in [2.45, 2.75) is 59.5 Å². The average Bonchev–Trinajstić information content (AvgIpc) is 3.06. The van der Waals surface area contributed by atoms with Gasteiger partial charge in [0.1, 0.15) is 17.5 Å². The molecule has 1 aliphatic rings. The van der Waals surface area contributed by atoms with Crippen LogP contribution in [0.2, 0.25) is 0 Å². The van der Waals surface area contributed by atoms with Gasteiger partial charge >= 0.3 is 5.97 Å². The Hall–Kier alpha value is -2.76. The summed E-state index contributed by atoms with van der Waals surface area (Å²) in [5, 5.41) is 0. The van der Waals surface area contributed by atoms with Crippen molar-refractivity contribution in [2.75, 3.05) is 20.2 Å². The molecule has 1 aromatic heterocycles. The maximum Gasteiger partial charge on any atom is 0.339 e. The number of ether oxygens (including phenoxy) is 2. The zero-order chi connectivity index (χ0) is 21.8. The highest BCUT2D eigenvalue weighted by Crippen LogP contribution is 2.27. The van der Waals surface area contributed by atoms with Gasteiger partial charge in [-0.1, -0.05) is 25.5 Å². The number of nitrogens with zero attached hydrogens (tertiary/aromatic N) is 1. The second kappa shape index (κ2) is 9.37. The molecular formula is C24H32N2O4. The molecule has 6 heteroatoms. The van der Waals surface area contributed by atoms with Crippen LogP contribution in [-0.4, -0.2) is 48.1 Å². The van der Waals surface area contributed by atoms with Gasteiger partial charge in [0.05, 0.1) is 12.7 Å². The minimum atomic E-state index is -0.396. The molecule has 30 heavy (non-hydrogen) atoms. The molecule has 0 radical (unpaired) electrons. The lowest BCUT2D eigenvalue weighted by Crippen LogP contribution is -2.42. The molecule has 1 aromatic carbocycles. The number of nitrogens with one attached hydrogen (secondary N) is 1. The number of likely N-dealkylation sites (tertiary alicyclic amines) is 1.